The zero-order valence-electron chi connectivity index (χ0n) is 10.8. The summed E-state index contributed by atoms with van der Waals surface area (Å²) in [4.78, 5) is 12.3. The van der Waals surface area contributed by atoms with Gasteiger partial charge in [0, 0.05) is 11.4 Å². The van der Waals surface area contributed by atoms with Gasteiger partial charge in [-0.05, 0) is 31.0 Å². The maximum absolute atomic E-state index is 12.3. The van der Waals surface area contributed by atoms with E-state index in [4.69, 9.17) is 16.9 Å². The molecule has 0 atom stereocenters. The molecule has 1 saturated carbocycles. The Labute approximate surface area is 118 Å². The first kappa shape index (κ1) is 13.9. The van der Waals surface area contributed by atoms with Crippen LogP contribution in [-0.2, 0) is 0 Å². The lowest BCUT2D eigenvalue weighted by molar-refractivity contribution is 0.0885. The van der Waals surface area contributed by atoms with Crippen molar-refractivity contribution in [1.82, 2.24) is 5.32 Å². The van der Waals surface area contributed by atoms with Crippen molar-refractivity contribution in [3.05, 3.63) is 35.4 Å². The van der Waals surface area contributed by atoms with Crippen molar-refractivity contribution in [2.24, 2.45) is 0 Å². The lowest BCUT2D eigenvalue weighted by atomic mass is 9.83. The van der Waals surface area contributed by atoms with E-state index in [0.29, 0.717) is 17.0 Å². The molecule has 0 saturated heterocycles. The molecule has 1 aromatic carbocycles. The van der Waals surface area contributed by atoms with Crippen LogP contribution < -0.4 is 5.32 Å². The molecule has 4 heteroatoms. The molecule has 3 nitrogen and oxygen atoms in total. The van der Waals surface area contributed by atoms with Gasteiger partial charge in [0.15, 0.2) is 0 Å². The Morgan fingerprint density at radius 2 is 2.11 bits per heavy atom. The van der Waals surface area contributed by atoms with E-state index in [2.05, 4.69) is 5.32 Å². The first-order chi connectivity index (χ1) is 9.19. The van der Waals surface area contributed by atoms with Crippen LogP contribution in [0.1, 0.15) is 48.0 Å². The number of rotatable bonds is 3. The highest BCUT2D eigenvalue weighted by molar-refractivity contribution is 6.19. The van der Waals surface area contributed by atoms with Crippen LogP contribution in [0.2, 0.25) is 0 Å². The first-order valence-corrected chi connectivity index (χ1v) is 7.11. The smallest absolute Gasteiger partial charge is 0.251 e. The maximum atomic E-state index is 12.3. The number of carbonyl (C=O) groups excluding carboxylic acids is 1. The van der Waals surface area contributed by atoms with Crippen molar-refractivity contribution in [2.45, 2.75) is 37.6 Å². The average molecular weight is 277 g/mol. The molecular weight excluding hydrogens is 260 g/mol. The number of carbonyl (C=O) groups is 1. The van der Waals surface area contributed by atoms with Crippen LogP contribution in [0.4, 0.5) is 0 Å². The van der Waals surface area contributed by atoms with E-state index >= 15 is 0 Å². The van der Waals surface area contributed by atoms with Gasteiger partial charge in [-0.15, -0.1) is 11.6 Å². The number of hydrogen-bond acceptors (Lipinski definition) is 2. The van der Waals surface area contributed by atoms with Gasteiger partial charge >= 0.3 is 0 Å². The highest BCUT2D eigenvalue weighted by Gasteiger charge is 2.32. The molecule has 1 amide bonds. The van der Waals surface area contributed by atoms with Gasteiger partial charge in [-0.1, -0.05) is 25.3 Å². The van der Waals surface area contributed by atoms with Crippen molar-refractivity contribution in [2.75, 3.05) is 5.88 Å². The van der Waals surface area contributed by atoms with Gasteiger partial charge in [0.2, 0.25) is 0 Å². The number of alkyl halides is 1. The molecule has 0 heterocycles. The number of hydrogen-bond donors (Lipinski definition) is 1. The summed E-state index contributed by atoms with van der Waals surface area (Å²) in [6.45, 7) is 0. The van der Waals surface area contributed by atoms with Gasteiger partial charge in [0.1, 0.15) is 0 Å². The van der Waals surface area contributed by atoms with Gasteiger partial charge in [-0.2, -0.15) is 5.26 Å². The zero-order chi connectivity index (χ0) is 13.7. The largest absolute Gasteiger partial charge is 0.345 e. The van der Waals surface area contributed by atoms with Gasteiger partial charge in [-0.3, -0.25) is 4.79 Å². The van der Waals surface area contributed by atoms with Crippen molar-refractivity contribution in [3.8, 4) is 6.07 Å². The number of nitriles is 1. The van der Waals surface area contributed by atoms with Crippen LogP contribution in [0.15, 0.2) is 24.3 Å². The van der Waals surface area contributed by atoms with E-state index in [1.807, 2.05) is 6.07 Å². The molecule has 1 aromatic rings. The van der Waals surface area contributed by atoms with Crippen LogP contribution in [0.3, 0.4) is 0 Å². The summed E-state index contributed by atoms with van der Waals surface area (Å²) in [6, 6.07) is 8.79. The van der Waals surface area contributed by atoms with Crippen LogP contribution in [0.5, 0.6) is 0 Å². The highest BCUT2D eigenvalue weighted by atomic mass is 35.5. The summed E-state index contributed by atoms with van der Waals surface area (Å²) in [5, 5.41) is 11.9. The Kier molecular flexibility index (Phi) is 4.44. The third kappa shape index (κ3) is 3.27. The molecule has 0 spiro atoms. The minimum absolute atomic E-state index is 0.139. The second-order valence-corrected chi connectivity index (χ2v) is 5.39. The zero-order valence-corrected chi connectivity index (χ0v) is 11.5. The van der Waals surface area contributed by atoms with Crippen LogP contribution >= 0.6 is 11.6 Å². The lowest BCUT2D eigenvalue weighted by Gasteiger charge is -2.36. The standard InChI is InChI=1S/C15H17ClN2O/c16-11-15(7-2-1-3-8-15)18-14(19)13-6-4-5-12(9-13)10-17/h4-6,9H,1-3,7-8,11H2,(H,18,19). The van der Waals surface area contributed by atoms with Gasteiger partial charge in [0.25, 0.3) is 5.91 Å². The van der Waals surface area contributed by atoms with Crippen molar-refractivity contribution in [3.63, 3.8) is 0 Å². The normalized spacial score (nSPS) is 17.5. The molecular formula is C15H17ClN2O. The summed E-state index contributed by atoms with van der Waals surface area (Å²) in [6.07, 6.45) is 5.27. The van der Waals surface area contributed by atoms with E-state index in [9.17, 15) is 4.79 Å². The molecule has 100 valence electrons. The monoisotopic (exact) mass is 276 g/mol. The Hall–Kier alpha value is -1.53. The molecule has 2 rings (SSSR count). The summed E-state index contributed by atoms with van der Waals surface area (Å²) < 4.78 is 0. The minimum Gasteiger partial charge on any atom is -0.345 e. The Morgan fingerprint density at radius 3 is 2.74 bits per heavy atom. The van der Waals surface area contributed by atoms with Crippen LogP contribution in [0.25, 0.3) is 0 Å². The predicted octanol–water partition coefficient (Wildman–Crippen LogP) is 3.23. The van der Waals surface area contributed by atoms with Crippen LogP contribution in [0, 0.1) is 11.3 Å². The average Bonchev–Trinajstić information content (AvgIpc) is 2.48. The summed E-state index contributed by atoms with van der Waals surface area (Å²) in [5.74, 6) is 0.302. The Bertz CT molecular complexity index is 501. The van der Waals surface area contributed by atoms with Gasteiger partial charge in [-0.25, -0.2) is 0 Å². The fourth-order valence-corrected chi connectivity index (χ4v) is 2.90. The Balaban J connectivity index is 2.13. The summed E-state index contributed by atoms with van der Waals surface area (Å²) >= 11 is 6.06. The molecule has 1 N–H and O–H groups in total. The third-order valence-electron chi connectivity index (χ3n) is 3.70. The molecule has 19 heavy (non-hydrogen) atoms. The van der Waals surface area contributed by atoms with Crippen LogP contribution in [-0.4, -0.2) is 17.3 Å². The second kappa shape index (κ2) is 6.08. The molecule has 1 fully saturated rings. The number of nitrogens with zero attached hydrogens (tertiary/aromatic N) is 1. The highest BCUT2D eigenvalue weighted by Crippen LogP contribution is 2.29. The molecule has 0 unspecified atom stereocenters. The Morgan fingerprint density at radius 1 is 1.37 bits per heavy atom. The summed E-state index contributed by atoms with van der Waals surface area (Å²) in [7, 11) is 0. The number of benzene rings is 1. The second-order valence-electron chi connectivity index (χ2n) is 5.12. The third-order valence-corrected chi connectivity index (χ3v) is 4.21. The molecule has 0 radical (unpaired) electrons. The molecule has 0 bridgehead atoms. The SMILES string of the molecule is N#Cc1cccc(C(=O)NC2(CCl)CCCCC2)c1. The predicted molar refractivity (Wildman–Crippen MR) is 75.2 cm³/mol. The van der Waals surface area contributed by atoms with Gasteiger partial charge in [0.05, 0.1) is 17.2 Å². The molecule has 0 aliphatic heterocycles. The first-order valence-electron chi connectivity index (χ1n) is 6.58. The maximum Gasteiger partial charge on any atom is 0.251 e. The van der Waals surface area contributed by atoms with E-state index < -0.39 is 0 Å². The fourth-order valence-electron chi connectivity index (χ4n) is 2.56. The van der Waals surface area contributed by atoms with Crippen molar-refractivity contribution in [1.29, 1.82) is 5.26 Å². The minimum atomic E-state index is -0.278. The topological polar surface area (TPSA) is 52.9 Å². The van der Waals surface area contributed by atoms with Crippen molar-refractivity contribution < 1.29 is 4.79 Å². The van der Waals surface area contributed by atoms with E-state index in [1.165, 1.54) is 6.42 Å². The van der Waals surface area contributed by atoms with E-state index in [1.54, 1.807) is 24.3 Å². The van der Waals surface area contributed by atoms with Crippen molar-refractivity contribution >= 4 is 17.5 Å². The van der Waals surface area contributed by atoms with Gasteiger partial charge < -0.3 is 5.32 Å². The number of nitrogens with one attached hydrogen (secondary N) is 1. The lowest BCUT2D eigenvalue weighted by Crippen LogP contribution is -2.51. The fraction of sp³-hybridized carbons (Fsp3) is 0.467. The molecule has 1 aliphatic carbocycles. The number of halogens is 1. The van der Waals surface area contributed by atoms with E-state index in [-0.39, 0.29) is 11.4 Å². The number of amides is 1. The van der Waals surface area contributed by atoms with E-state index in [0.717, 1.165) is 25.7 Å². The summed E-state index contributed by atoms with van der Waals surface area (Å²) in [5.41, 5.74) is 0.741. The molecule has 0 aromatic heterocycles. The molecule has 1 aliphatic rings. The quantitative estimate of drug-likeness (QED) is 0.862.